The number of anilines is 2. The molecule has 29 heavy (non-hydrogen) atoms. The lowest BCUT2D eigenvalue weighted by atomic mass is 9.84. The zero-order valence-electron chi connectivity index (χ0n) is 17.4. The molecular weight excluding hydrogens is 362 g/mol. The maximum absolute atomic E-state index is 12.5. The molecule has 2 amide bonds. The number of piperidine rings is 1. The third kappa shape index (κ3) is 6.16. The van der Waals surface area contributed by atoms with E-state index in [4.69, 9.17) is 0 Å². The van der Waals surface area contributed by atoms with Crippen molar-refractivity contribution in [3.63, 3.8) is 0 Å². The first-order valence-electron chi connectivity index (χ1n) is 10.4. The second-order valence-corrected chi connectivity index (χ2v) is 7.98. The smallest absolute Gasteiger partial charge is 0.231 e. The average molecular weight is 394 g/mol. The lowest BCUT2D eigenvalue weighted by Gasteiger charge is -2.27. The lowest BCUT2D eigenvalue weighted by Crippen LogP contribution is -2.32. The Balaban J connectivity index is 1.49. The Hall–Kier alpha value is -2.66. The van der Waals surface area contributed by atoms with E-state index in [9.17, 15) is 9.59 Å². The van der Waals surface area contributed by atoms with E-state index in [0.29, 0.717) is 24.7 Å². The van der Waals surface area contributed by atoms with Crippen LogP contribution in [0.3, 0.4) is 0 Å². The first-order chi connectivity index (χ1) is 14.0. The summed E-state index contributed by atoms with van der Waals surface area (Å²) in [6.45, 7) is 4.28. The number of carbonyl (C=O) groups excluding carboxylic acids is 2. The molecule has 154 valence electrons. The summed E-state index contributed by atoms with van der Waals surface area (Å²) in [5.74, 6) is 1.10. The van der Waals surface area contributed by atoms with Crippen molar-refractivity contribution in [1.29, 1.82) is 0 Å². The zero-order chi connectivity index (χ0) is 20.6. The minimum absolute atomic E-state index is 0.0313. The summed E-state index contributed by atoms with van der Waals surface area (Å²) in [6, 6.07) is 17.2. The van der Waals surface area contributed by atoms with Crippen molar-refractivity contribution in [2.45, 2.75) is 32.6 Å². The molecule has 2 aromatic rings. The molecule has 1 atom stereocenters. The third-order valence-corrected chi connectivity index (χ3v) is 5.81. The number of carbonyl (C=O) groups is 2. The fraction of sp³-hybridized carbons (Fsp3) is 0.417. The normalized spacial score (nSPS) is 15.5. The van der Waals surface area contributed by atoms with Gasteiger partial charge in [0.25, 0.3) is 0 Å². The minimum Gasteiger partial charge on any atom is -0.326 e. The topological polar surface area (TPSA) is 61.4 Å². The second-order valence-electron chi connectivity index (χ2n) is 7.98. The summed E-state index contributed by atoms with van der Waals surface area (Å²) < 4.78 is 0. The summed E-state index contributed by atoms with van der Waals surface area (Å²) in [4.78, 5) is 26.6. The van der Waals surface area contributed by atoms with Crippen LogP contribution in [-0.4, -0.2) is 32.0 Å². The lowest BCUT2D eigenvalue weighted by molar-refractivity contribution is -0.118. The SMILES string of the molecule is CC(CC(=O)Nc1ccc(CC(=O)N(C)c2ccccc2)cc1)C1CCNCC1. The standard InChI is InChI=1S/C24H31N3O2/c1-18(20-12-14-25-15-13-20)16-23(28)26-21-10-8-19(9-11-21)17-24(29)27(2)22-6-4-3-5-7-22/h3-11,18,20,25H,12-17H2,1-2H3,(H,26,28). The number of hydrogen-bond acceptors (Lipinski definition) is 3. The number of rotatable bonds is 7. The summed E-state index contributed by atoms with van der Waals surface area (Å²) in [6.07, 6.45) is 3.17. The largest absolute Gasteiger partial charge is 0.326 e. The van der Waals surface area contributed by atoms with E-state index >= 15 is 0 Å². The first kappa shape index (κ1) is 21.1. The van der Waals surface area contributed by atoms with Crippen molar-refractivity contribution >= 4 is 23.2 Å². The van der Waals surface area contributed by atoms with Gasteiger partial charge in [0, 0.05) is 24.8 Å². The fourth-order valence-corrected chi connectivity index (χ4v) is 3.88. The Labute approximate surface area is 173 Å². The molecule has 1 fully saturated rings. The van der Waals surface area contributed by atoms with Crippen LogP contribution in [0.1, 0.15) is 31.7 Å². The number of hydrogen-bond donors (Lipinski definition) is 2. The quantitative estimate of drug-likeness (QED) is 0.751. The predicted octanol–water partition coefficient (Wildman–Crippen LogP) is 3.86. The second kappa shape index (κ2) is 10.2. The van der Waals surface area contributed by atoms with Gasteiger partial charge in [-0.1, -0.05) is 37.3 Å². The molecule has 1 saturated heterocycles. The molecule has 0 spiro atoms. The molecule has 3 rings (SSSR count). The Bertz CT molecular complexity index is 799. The van der Waals surface area contributed by atoms with Gasteiger partial charge in [-0.05, 0) is 67.6 Å². The summed E-state index contributed by atoms with van der Waals surface area (Å²) in [5.41, 5.74) is 2.59. The van der Waals surface area contributed by atoms with E-state index in [1.54, 1.807) is 11.9 Å². The Kier molecular flexibility index (Phi) is 7.42. The van der Waals surface area contributed by atoms with Gasteiger partial charge in [-0.3, -0.25) is 9.59 Å². The molecule has 0 aromatic heterocycles. The van der Waals surface area contributed by atoms with Gasteiger partial charge < -0.3 is 15.5 Å². The van der Waals surface area contributed by atoms with Crippen LogP contribution >= 0.6 is 0 Å². The van der Waals surface area contributed by atoms with Crippen LogP contribution in [0.25, 0.3) is 0 Å². The highest BCUT2D eigenvalue weighted by molar-refractivity contribution is 5.94. The Morgan fingerprint density at radius 2 is 1.72 bits per heavy atom. The molecule has 5 heteroatoms. The van der Waals surface area contributed by atoms with Crippen LogP contribution in [0.5, 0.6) is 0 Å². The monoisotopic (exact) mass is 393 g/mol. The van der Waals surface area contributed by atoms with Gasteiger partial charge >= 0.3 is 0 Å². The van der Waals surface area contributed by atoms with Crippen LogP contribution in [-0.2, 0) is 16.0 Å². The van der Waals surface area contributed by atoms with Gasteiger partial charge in [0.15, 0.2) is 0 Å². The van der Waals surface area contributed by atoms with Crippen molar-refractivity contribution < 1.29 is 9.59 Å². The molecule has 1 aliphatic rings. The molecule has 1 heterocycles. The maximum atomic E-state index is 12.5. The van der Waals surface area contributed by atoms with Crippen molar-refractivity contribution in [2.75, 3.05) is 30.4 Å². The number of benzene rings is 2. The van der Waals surface area contributed by atoms with Crippen molar-refractivity contribution in [3.05, 3.63) is 60.2 Å². The van der Waals surface area contributed by atoms with Gasteiger partial charge in [-0.25, -0.2) is 0 Å². The summed E-state index contributed by atoms with van der Waals surface area (Å²) in [5, 5.41) is 6.36. The molecule has 0 aliphatic carbocycles. The summed E-state index contributed by atoms with van der Waals surface area (Å²) >= 11 is 0. The molecule has 0 radical (unpaired) electrons. The number of amides is 2. The highest BCUT2D eigenvalue weighted by Crippen LogP contribution is 2.24. The van der Waals surface area contributed by atoms with Gasteiger partial charge in [-0.2, -0.15) is 0 Å². The van der Waals surface area contributed by atoms with E-state index in [0.717, 1.165) is 42.9 Å². The molecule has 2 N–H and O–H groups in total. The molecule has 0 bridgehead atoms. The third-order valence-electron chi connectivity index (χ3n) is 5.81. The van der Waals surface area contributed by atoms with E-state index < -0.39 is 0 Å². The molecule has 1 aliphatic heterocycles. The molecule has 0 saturated carbocycles. The number of para-hydroxylation sites is 1. The average Bonchev–Trinajstić information content (AvgIpc) is 2.75. The highest BCUT2D eigenvalue weighted by Gasteiger charge is 2.22. The van der Waals surface area contributed by atoms with E-state index in [-0.39, 0.29) is 11.8 Å². The Morgan fingerprint density at radius 3 is 2.38 bits per heavy atom. The molecular formula is C24H31N3O2. The molecule has 1 unspecified atom stereocenters. The van der Waals surface area contributed by atoms with Crippen molar-refractivity contribution in [2.24, 2.45) is 11.8 Å². The fourth-order valence-electron chi connectivity index (χ4n) is 3.88. The number of nitrogens with zero attached hydrogens (tertiary/aromatic N) is 1. The van der Waals surface area contributed by atoms with Crippen LogP contribution in [0, 0.1) is 11.8 Å². The van der Waals surface area contributed by atoms with E-state index in [1.165, 1.54) is 0 Å². The van der Waals surface area contributed by atoms with Crippen LogP contribution in [0.4, 0.5) is 11.4 Å². The van der Waals surface area contributed by atoms with Gasteiger partial charge in [-0.15, -0.1) is 0 Å². The zero-order valence-corrected chi connectivity index (χ0v) is 17.4. The van der Waals surface area contributed by atoms with Crippen LogP contribution in [0.2, 0.25) is 0 Å². The van der Waals surface area contributed by atoms with Gasteiger partial charge in [0.05, 0.1) is 6.42 Å². The number of likely N-dealkylation sites (N-methyl/N-ethyl adjacent to an activating group) is 1. The van der Waals surface area contributed by atoms with E-state index in [1.807, 2.05) is 54.6 Å². The van der Waals surface area contributed by atoms with Crippen LogP contribution < -0.4 is 15.5 Å². The van der Waals surface area contributed by atoms with Gasteiger partial charge in [0.1, 0.15) is 0 Å². The highest BCUT2D eigenvalue weighted by atomic mass is 16.2. The van der Waals surface area contributed by atoms with Crippen LogP contribution in [0.15, 0.2) is 54.6 Å². The Morgan fingerprint density at radius 1 is 1.07 bits per heavy atom. The molecule has 2 aromatic carbocycles. The maximum Gasteiger partial charge on any atom is 0.231 e. The first-order valence-corrected chi connectivity index (χ1v) is 10.4. The number of nitrogens with one attached hydrogen (secondary N) is 2. The summed E-state index contributed by atoms with van der Waals surface area (Å²) in [7, 11) is 1.79. The van der Waals surface area contributed by atoms with E-state index in [2.05, 4.69) is 17.6 Å². The van der Waals surface area contributed by atoms with Crippen molar-refractivity contribution in [1.82, 2.24) is 5.32 Å². The molecule has 5 nitrogen and oxygen atoms in total. The van der Waals surface area contributed by atoms with Crippen molar-refractivity contribution in [3.8, 4) is 0 Å². The minimum atomic E-state index is 0.0313. The van der Waals surface area contributed by atoms with Gasteiger partial charge in [0.2, 0.25) is 11.8 Å². The predicted molar refractivity (Wildman–Crippen MR) is 118 cm³/mol.